The molecule has 0 fully saturated rings. The molecule has 1 aromatic rings. The van der Waals surface area contributed by atoms with Crippen LogP contribution in [0, 0.1) is 6.20 Å². The molecule has 190 valence electrons. The highest BCUT2D eigenvalue weighted by Gasteiger charge is 2.04. The van der Waals surface area contributed by atoms with Crippen LogP contribution < -0.4 is 4.57 Å². The van der Waals surface area contributed by atoms with Gasteiger partial charge in [-0.3, -0.25) is 0 Å². The van der Waals surface area contributed by atoms with E-state index in [0.717, 1.165) is 6.54 Å². The van der Waals surface area contributed by atoms with E-state index in [1.54, 1.807) is 5.57 Å². The third-order valence-electron chi connectivity index (χ3n) is 7.70. The molecule has 2 aliphatic heterocycles. The van der Waals surface area contributed by atoms with Crippen molar-refractivity contribution in [3.05, 3.63) is 54.0 Å². The fourth-order valence-corrected chi connectivity index (χ4v) is 5.53. The molecule has 3 heterocycles. The number of aromatic nitrogens is 1. The van der Waals surface area contributed by atoms with Crippen molar-refractivity contribution in [1.29, 1.82) is 0 Å². The molecule has 2 aliphatic rings. The Morgan fingerprint density at radius 3 is 1.94 bits per heavy atom. The minimum absolute atomic E-state index is 1.12. The minimum atomic E-state index is 1.12. The monoisotopic (exact) mass is 464 g/mol. The minimum Gasteiger partial charge on any atom is -0.462 e. The Kier molecular flexibility index (Phi) is 14.2. The van der Waals surface area contributed by atoms with Crippen LogP contribution in [0.2, 0.25) is 0 Å². The highest BCUT2D eigenvalue weighted by Crippen LogP contribution is 2.18. The summed E-state index contributed by atoms with van der Waals surface area (Å²) in [7, 11) is 0. The summed E-state index contributed by atoms with van der Waals surface area (Å²) >= 11 is 0. The molecule has 34 heavy (non-hydrogen) atoms. The van der Waals surface area contributed by atoms with Gasteiger partial charge in [0, 0.05) is 24.6 Å². The summed E-state index contributed by atoms with van der Waals surface area (Å²) in [5.74, 6) is 0. The van der Waals surface area contributed by atoms with Gasteiger partial charge in [0.05, 0.1) is 0 Å². The molecule has 0 radical (unpaired) electrons. The molecule has 0 saturated heterocycles. The van der Waals surface area contributed by atoms with E-state index in [1.165, 1.54) is 147 Å². The van der Waals surface area contributed by atoms with Crippen molar-refractivity contribution in [2.45, 2.75) is 135 Å². The quantitative estimate of drug-likeness (QED) is 0.276. The van der Waals surface area contributed by atoms with Crippen LogP contribution in [0.3, 0.4) is 0 Å². The van der Waals surface area contributed by atoms with Crippen LogP contribution in [0.5, 0.6) is 0 Å². The first-order chi connectivity index (χ1) is 16.9. The molecule has 2 heteroatoms. The number of pyridine rings is 1. The zero-order valence-corrected chi connectivity index (χ0v) is 22.1. The maximum atomic E-state index is 3.46. The van der Waals surface area contributed by atoms with E-state index >= 15 is 0 Å². The molecule has 0 amide bonds. The Morgan fingerprint density at radius 1 is 0.647 bits per heavy atom. The van der Waals surface area contributed by atoms with Crippen molar-refractivity contribution in [2.24, 2.45) is 0 Å². The first-order valence-corrected chi connectivity index (χ1v) is 14.9. The third kappa shape index (κ3) is 12.2. The summed E-state index contributed by atoms with van der Waals surface area (Å²) in [4.78, 5) is 2.43. The van der Waals surface area contributed by atoms with E-state index in [-0.39, 0.29) is 0 Å². The summed E-state index contributed by atoms with van der Waals surface area (Å²) in [6.07, 6.45) is 40.3. The number of hydrogen-bond acceptors (Lipinski definition) is 1. The van der Waals surface area contributed by atoms with Gasteiger partial charge in [-0.1, -0.05) is 89.9 Å². The van der Waals surface area contributed by atoms with E-state index in [2.05, 4.69) is 52.3 Å². The Bertz CT molecular complexity index is 705. The van der Waals surface area contributed by atoms with E-state index in [4.69, 9.17) is 0 Å². The van der Waals surface area contributed by atoms with Gasteiger partial charge in [-0.05, 0) is 44.7 Å². The maximum Gasteiger partial charge on any atom is 0.171 e. The lowest BCUT2D eigenvalue weighted by Crippen LogP contribution is -2.33. The van der Waals surface area contributed by atoms with E-state index in [0.29, 0.717) is 0 Å². The van der Waals surface area contributed by atoms with Crippen molar-refractivity contribution in [3.63, 3.8) is 0 Å². The van der Waals surface area contributed by atoms with Gasteiger partial charge in [0.2, 0.25) is 0 Å². The number of allylic oxidation sites excluding steroid dienone is 2. The molecular weight excluding hydrogens is 412 g/mol. The number of aryl methyl sites for hydroxylation is 2. The Hall–Kier alpha value is -1.57. The first-order valence-electron chi connectivity index (χ1n) is 14.9. The highest BCUT2D eigenvalue weighted by molar-refractivity contribution is 5.16. The van der Waals surface area contributed by atoms with Crippen LogP contribution in [0.1, 0.15) is 128 Å². The third-order valence-corrected chi connectivity index (χ3v) is 7.70. The summed E-state index contributed by atoms with van der Waals surface area (Å²) < 4.78 is 2.43. The fraction of sp³-hybridized carbons (Fsp3) is 0.719. The average Bonchev–Trinajstić information content (AvgIpc) is 2.86. The molecule has 0 atom stereocenters. The number of nitrogens with zero attached hydrogens (tertiary/aromatic N) is 2. The lowest BCUT2D eigenvalue weighted by molar-refractivity contribution is -0.697. The predicted octanol–water partition coefficient (Wildman–Crippen LogP) is 8.50. The molecule has 0 saturated carbocycles. The van der Waals surface area contributed by atoms with E-state index in [9.17, 15) is 0 Å². The van der Waals surface area contributed by atoms with Crippen molar-refractivity contribution >= 4 is 0 Å². The zero-order valence-electron chi connectivity index (χ0n) is 22.1. The predicted molar refractivity (Wildman–Crippen MR) is 146 cm³/mol. The van der Waals surface area contributed by atoms with Gasteiger partial charge in [0.15, 0.2) is 12.4 Å². The zero-order chi connectivity index (χ0) is 23.5. The Morgan fingerprint density at radius 2 is 1.24 bits per heavy atom. The summed E-state index contributed by atoms with van der Waals surface area (Å²) in [5, 5.41) is 0. The molecule has 4 bridgehead atoms. The topological polar surface area (TPSA) is 7.12 Å². The first kappa shape index (κ1) is 27.0. The van der Waals surface area contributed by atoms with Crippen molar-refractivity contribution < 1.29 is 4.57 Å². The molecule has 0 N–H and O–H groups in total. The van der Waals surface area contributed by atoms with Crippen LogP contribution in [0.4, 0.5) is 0 Å². The standard InChI is InChI=1S/C32H52N2/c1-2-5-9-13-17-25-33-27-20-24-32(30-33)22-16-12-8-4-6-10-14-18-26-34-28-19-23-31(29-34)21-15-11-7-3-1/h19-20,23-24,27,30H,1-18,21-22,25-26,29H2. The number of fused-ring (bicyclic) bond motifs is 4. The normalized spacial score (nSPS) is 21.8. The smallest absolute Gasteiger partial charge is 0.171 e. The molecule has 0 unspecified atom stereocenters. The summed E-state index contributed by atoms with van der Waals surface area (Å²) in [6.45, 7) is 3.50. The molecule has 2 nitrogen and oxygen atoms in total. The van der Waals surface area contributed by atoms with E-state index in [1.807, 2.05) is 0 Å². The maximum absolute atomic E-state index is 3.46. The highest BCUT2D eigenvalue weighted by atomic mass is 15.1. The molecule has 3 rings (SSSR count). The van der Waals surface area contributed by atoms with Crippen molar-refractivity contribution in [2.75, 3.05) is 13.1 Å². The van der Waals surface area contributed by atoms with Gasteiger partial charge in [-0.15, -0.1) is 5.57 Å². The number of hydrogen-bond donors (Lipinski definition) is 0. The summed E-state index contributed by atoms with van der Waals surface area (Å²) in [6, 6.07) is 4.58. The fourth-order valence-electron chi connectivity index (χ4n) is 5.53. The van der Waals surface area contributed by atoms with Gasteiger partial charge in [-0.25, -0.2) is 16.7 Å². The SMILES string of the molecule is [C-]1=CC=C2CCCCCCCCCCCC[n+]3cccc(c3)CCCCCCCCCCN1C2. The lowest BCUT2D eigenvalue weighted by atomic mass is 10.0. The molecule has 1 aromatic heterocycles. The van der Waals surface area contributed by atoms with Crippen molar-refractivity contribution in [1.82, 2.24) is 4.90 Å². The van der Waals surface area contributed by atoms with Crippen LogP contribution in [0.15, 0.2) is 42.3 Å². The van der Waals surface area contributed by atoms with Crippen LogP contribution in [0.25, 0.3) is 0 Å². The van der Waals surface area contributed by atoms with Crippen LogP contribution >= 0.6 is 0 Å². The lowest BCUT2D eigenvalue weighted by Gasteiger charge is -2.32. The molecule has 0 aliphatic carbocycles. The van der Waals surface area contributed by atoms with E-state index < -0.39 is 0 Å². The second kappa shape index (κ2) is 17.8. The van der Waals surface area contributed by atoms with Gasteiger partial charge < -0.3 is 4.90 Å². The van der Waals surface area contributed by atoms with Gasteiger partial charge in [-0.2, -0.15) is 6.20 Å². The molecule has 0 aromatic carbocycles. The molecule has 0 spiro atoms. The van der Waals surface area contributed by atoms with Crippen LogP contribution in [-0.2, 0) is 13.0 Å². The van der Waals surface area contributed by atoms with Gasteiger partial charge in [0.1, 0.15) is 6.54 Å². The largest absolute Gasteiger partial charge is 0.462 e. The van der Waals surface area contributed by atoms with Gasteiger partial charge >= 0.3 is 0 Å². The second-order valence-electron chi connectivity index (χ2n) is 10.9. The Labute approximate surface area is 211 Å². The van der Waals surface area contributed by atoms with Gasteiger partial charge in [0.25, 0.3) is 0 Å². The molecular formula is C32H52N2. The Balaban J connectivity index is 1.36. The second-order valence-corrected chi connectivity index (χ2v) is 10.9. The van der Waals surface area contributed by atoms with Crippen LogP contribution in [-0.4, -0.2) is 18.0 Å². The summed E-state index contributed by atoms with van der Waals surface area (Å²) in [5.41, 5.74) is 3.15. The van der Waals surface area contributed by atoms with Crippen molar-refractivity contribution in [3.8, 4) is 0 Å². The number of rotatable bonds is 0. The average molecular weight is 465 g/mol.